The molecule has 7 rings (SSSR count). The summed E-state index contributed by atoms with van der Waals surface area (Å²) in [5, 5.41) is 57.6. The summed E-state index contributed by atoms with van der Waals surface area (Å²) >= 11 is 0. The lowest BCUT2D eigenvalue weighted by Gasteiger charge is -2.22. The number of aliphatic hydroxyl groups excluding tert-OH is 6. The van der Waals surface area contributed by atoms with Crippen molar-refractivity contribution < 1.29 is 143 Å². The van der Waals surface area contributed by atoms with Crippen LogP contribution in [0.4, 0.5) is 0 Å². The van der Waals surface area contributed by atoms with Gasteiger partial charge in [0.2, 0.25) is 23.0 Å². The summed E-state index contributed by atoms with van der Waals surface area (Å²) in [5.41, 5.74) is -0.00201. The van der Waals surface area contributed by atoms with Gasteiger partial charge in [-0.2, -0.15) is 0 Å². The average molecular weight is 1450 g/mol. The zero-order valence-electron chi connectivity index (χ0n) is 55.9. The molecule has 0 unspecified atom stereocenters. The number of aliphatic hydroxyl groups is 6. The highest BCUT2D eigenvalue weighted by molar-refractivity contribution is 6.00. The van der Waals surface area contributed by atoms with E-state index in [-0.39, 0.29) is 137 Å². The zero-order valence-corrected chi connectivity index (χ0v) is 55.9. The molecule has 1 aliphatic carbocycles. The minimum Gasteiger partial charge on any atom is -0.460 e. The lowest BCUT2D eigenvalue weighted by molar-refractivity contribution is -0.139. The van der Waals surface area contributed by atoms with Crippen molar-refractivity contribution in [3.05, 3.63) is 165 Å². The van der Waals surface area contributed by atoms with Crippen LogP contribution >= 0.6 is 0 Å². The molecule has 0 saturated heterocycles. The number of ether oxygens (including phenoxy) is 6. The van der Waals surface area contributed by atoms with Gasteiger partial charge < -0.3 is 115 Å². The topological polar surface area (TPSA) is 480 Å². The normalized spacial score (nSPS) is 11.6. The molecule has 0 atom stereocenters. The van der Waals surface area contributed by atoms with Crippen LogP contribution in [0, 0.1) is 13.8 Å². The fraction of sp³-hybridized carbons (Fsp3) is 0.403. The number of allylic oxidation sites excluding steroid dienone is 2. The van der Waals surface area contributed by atoms with E-state index in [1.165, 1.54) is 54.6 Å². The van der Waals surface area contributed by atoms with Gasteiger partial charge in [-0.25, -0.2) is 28.8 Å². The first-order chi connectivity index (χ1) is 49.6. The van der Waals surface area contributed by atoms with Crippen LogP contribution in [0.15, 0.2) is 123 Å². The van der Waals surface area contributed by atoms with E-state index in [0.717, 1.165) is 47.6 Å². The Labute approximate surface area is 585 Å². The quantitative estimate of drug-likeness (QED) is 0.0229. The zero-order chi connectivity index (χ0) is 74.5. The third-order valence-electron chi connectivity index (χ3n) is 14.9. The molecule has 1 aliphatic rings. The van der Waals surface area contributed by atoms with Gasteiger partial charge in [-0.15, -0.1) is 0 Å². The third-order valence-corrected chi connectivity index (χ3v) is 14.9. The lowest BCUT2D eigenvalue weighted by atomic mass is 10.1. The van der Waals surface area contributed by atoms with Crippen LogP contribution < -0.4 is 0 Å². The van der Waals surface area contributed by atoms with Gasteiger partial charge in [-0.1, -0.05) is 12.2 Å². The van der Waals surface area contributed by atoms with Gasteiger partial charge in [0, 0.05) is 56.8 Å². The number of hydrogen-bond donors (Lipinski definition) is 6. The first kappa shape index (κ1) is 78.9. The Hall–Kier alpha value is -11.4. The van der Waals surface area contributed by atoms with Crippen LogP contribution in [0.3, 0.4) is 0 Å². The molecule has 0 fully saturated rings. The summed E-state index contributed by atoms with van der Waals surface area (Å²) in [4.78, 5) is 165. The highest BCUT2D eigenvalue weighted by Gasteiger charge is 2.31. The van der Waals surface area contributed by atoms with E-state index in [1.54, 1.807) is 26.0 Å². The molecule has 6 aromatic heterocycles. The molecule has 0 bridgehead atoms. The smallest absolute Gasteiger partial charge is 0.374 e. The molecule has 0 radical (unpaired) electrons. The molecule has 0 spiro atoms. The Morgan fingerprint density at radius 2 is 0.456 bits per heavy atom. The molecule has 36 heteroatoms. The summed E-state index contributed by atoms with van der Waals surface area (Å²) in [6.07, 6.45) is 2.32. The van der Waals surface area contributed by atoms with Gasteiger partial charge in [0.15, 0.2) is 34.6 Å². The molecule has 0 saturated carbocycles. The van der Waals surface area contributed by atoms with Crippen LogP contribution in [-0.4, -0.2) is 289 Å². The number of aryl methyl sites for hydroxylation is 2. The second-order valence-corrected chi connectivity index (χ2v) is 21.9. The minimum atomic E-state index is -1.12. The average Bonchev–Trinajstić information content (AvgIpc) is 1.72. The Morgan fingerprint density at radius 3 is 0.680 bits per heavy atom. The Morgan fingerprint density at radius 1 is 0.272 bits per heavy atom. The first-order valence-corrected chi connectivity index (χ1v) is 32.0. The van der Waals surface area contributed by atoms with Gasteiger partial charge in [0.1, 0.15) is 51.2 Å². The molecular weight excluding hydrogens is 1370 g/mol. The van der Waals surface area contributed by atoms with Crippen molar-refractivity contribution in [3.63, 3.8) is 0 Å². The second kappa shape index (κ2) is 39.5. The summed E-state index contributed by atoms with van der Waals surface area (Å²) in [6, 6.07) is 15.3. The van der Waals surface area contributed by atoms with E-state index in [1.807, 2.05) is 0 Å². The molecule has 6 aromatic rings. The van der Waals surface area contributed by atoms with Crippen LogP contribution in [0.25, 0.3) is 0 Å². The number of rotatable bonds is 42. The predicted octanol–water partition coefficient (Wildman–Crippen LogP) is 0.940. The maximum atomic E-state index is 14.0. The van der Waals surface area contributed by atoms with Crippen molar-refractivity contribution >= 4 is 71.3 Å². The number of hydrogen-bond acceptors (Lipinski definition) is 30. The Kier molecular flexibility index (Phi) is 30.3. The van der Waals surface area contributed by atoms with E-state index in [0.29, 0.717) is 11.5 Å². The van der Waals surface area contributed by atoms with Crippen LogP contribution in [0.1, 0.15) is 123 Å². The number of esters is 6. The van der Waals surface area contributed by atoms with E-state index in [2.05, 4.69) is 0 Å². The van der Waals surface area contributed by atoms with E-state index in [4.69, 9.17) is 54.9 Å². The Balaban J connectivity index is 0.877. The number of furan rings is 6. The van der Waals surface area contributed by atoms with Crippen molar-refractivity contribution in [2.75, 3.05) is 158 Å². The summed E-state index contributed by atoms with van der Waals surface area (Å²) in [6.45, 7) is -5.04. The Bertz CT molecular complexity index is 3990. The standard InChI is InChI=1S/C67H76N6O30/c1-42-3-7-52(98-42)64(88)94-37-24-70(20-32-77)58(82)48-11-10-47(101-48)57(81)69(19-31-76)23-35-92-62(86)44-5-6-45(41-44)63(87)93-36-27-73(61(85)51-14-9-46(100-51)56(80)68(17-29-74)18-30-75)28-40-97-67(91)55-16-15-54(103-55)66(90)96-39-26-72(22-34-79)60(84)50-13-12-49(102-50)59(83)71(21-33-78)25-38-95-65(89)53-8-4-43(2)99-53/h3-16,74-79H,17-41H2,1-2H3. The molecule has 6 N–H and O–H groups in total. The van der Waals surface area contributed by atoms with Gasteiger partial charge in [0.25, 0.3) is 35.4 Å². The van der Waals surface area contributed by atoms with E-state index < -0.39 is 168 Å². The number of carbonyl (C=O) groups excluding carboxylic acids is 12. The largest absolute Gasteiger partial charge is 0.460 e. The van der Waals surface area contributed by atoms with Crippen molar-refractivity contribution in [3.8, 4) is 0 Å². The highest BCUT2D eigenvalue weighted by atomic mass is 16.6. The minimum absolute atomic E-state index is 0.00865. The summed E-state index contributed by atoms with van der Waals surface area (Å²) in [7, 11) is 0. The SMILES string of the molecule is Cc1ccc(C(=O)OCCN(CCO)C(=O)c2ccc(C(=O)N(CCO)CCOC(=O)C3=CC=C(C(=O)OCCN(CCOC(=O)c4ccc(C(=O)OCCN(CCO)C(=O)c5ccc(C(=O)N(CCO)CCOC(=O)c6ccc(C)o6)o5)o4)C(=O)c4ccc(C(=O)N(CCO)CCO)o4)C3)o2)o1. The maximum Gasteiger partial charge on any atom is 0.374 e. The van der Waals surface area contributed by atoms with Crippen molar-refractivity contribution in [2.45, 2.75) is 20.3 Å². The molecule has 103 heavy (non-hydrogen) atoms. The lowest BCUT2D eigenvalue weighted by Crippen LogP contribution is -2.37. The van der Waals surface area contributed by atoms with E-state index in [9.17, 15) is 88.2 Å². The molecule has 0 aromatic carbocycles. The van der Waals surface area contributed by atoms with Gasteiger partial charge in [0.05, 0.1) is 78.9 Å². The van der Waals surface area contributed by atoms with E-state index >= 15 is 0 Å². The van der Waals surface area contributed by atoms with Gasteiger partial charge in [-0.3, -0.25) is 28.8 Å². The molecule has 6 amide bonds. The monoisotopic (exact) mass is 1440 g/mol. The summed E-state index contributed by atoms with van der Waals surface area (Å²) in [5.74, 6) is -12.4. The number of nitrogens with zero attached hydrogens (tertiary/aromatic N) is 6. The molecule has 554 valence electrons. The highest BCUT2D eigenvalue weighted by Crippen LogP contribution is 2.23. The molecular formula is C67H76N6O30. The van der Waals surface area contributed by atoms with Crippen LogP contribution in [0.5, 0.6) is 0 Å². The maximum absolute atomic E-state index is 14.0. The van der Waals surface area contributed by atoms with Crippen LogP contribution in [0.2, 0.25) is 0 Å². The molecule has 0 aliphatic heterocycles. The fourth-order valence-electron chi connectivity index (χ4n) is 9.66. The second-order valence-electron chi connectivity index (χ2n) is 21.9. The predicted molar refractivity (Wildman–Crippen MR) is 343 cm³/mol. The molecule has 36 nitrogen and oxygen atoms in total. The van der Waals surface area contributed by atoms with Crippen molar-refractivity contribution in [1.82, 2.24) is 29.4 Å². The molecule has 6 heterocycles. The summed E-state index contributed by atoms with van der Waals surface area (Å²) < 4.78 is 64.3. The fourth-order valence-corrected chi connectivity index (χ4v) is 9.66. The van der Waals surface area contributed by atoms with Crippen LogP contribution in [-0.2, 0) is 38.0 Å². The first-order valence-electron chi connectivity index (χ1n) is 32.0. The van der Waals surface area contributed by atoms with Crippen molar-refractivity contribution in [1.29, 1.82) is 0 Å². The van der Waals surface area contributed by atoms with Gasteiger partial charge in [-0.05, 0) is 86.6 Å². The third kappa shape index (κ3) is 22.5. The van der Waals surface area contributed by atoms with Gasteiger partial charge >= 0.3 is 35.8 Å². The number of amides is 6. The number of carbonyl (C=O) groups is 12. The van der Waals surface area contributed by atoms with Crippen molar-refractivity contribution in [2.24, 2.45) is 0 Å².